The summed E-state index contributed by atoms with van der Waals surface area (Å²) in [7, 11) is 0. The van der Waals surface area contributed by atoms with Gasteiger partial charge in [-0.1, -0.05) is 13.8 Å². The minimum absolute atomic E-state index is 0.0158. The Labute approximate surface area is 114 Å². The van der Waals surface area contributed by atoms with E-state index in [0.717, 1.165) is 29.2 Å². The first-order valence-electron chi connectivity index (χ1n) is 7.37. The summed E-state index contributed by atoms with van der Waals surface area (Å²) in [5, 5.41) is 10.4. The predicted octanol–water partition coefficient (Wildman–Crippen LogP) is 4.00. The maximum Gasteiger partial charge on any atom is 0.127 e. The monoisotopic (exact) mass is 258 g/mol. The van der Waals surface area contributed by atoms with E-state index < -0.39 is 0 Å². The van der Waals surface area contributed by atoms with E-state index in [1.165, 1.54) is 6.42 Å². The number of hydrogen-bond donors (Lipinski definition) is 1. The summed E-state index contributed by atoms with van der Waals surface area (Å²) in [4.78, 5) is 0. The molecule has 0 saturated heterocycles. The average molecular weight is 258 g/mol. The second kappa shape index (κ2) is 3.11. The molecule has 0 bridgehead atoms. The van der Waals surface area contributed by atoms with Crippen LogP contribution >= 0.6 is 0 Å². The maximum atomic E-state index is 10.4. The highest BCUT2D eigenvalue weighted by atomic mass is 16.5. The van der Waals surface area contributed by atoms with E-state index in [4.69, 9.17) is 4.74 Å². The topological polar surface area (TPSA) is 29.5 Å². The van der Waals surface area contributed by atoms with Crippen molar-refractivity contribution in [3.8, 4) is 11.5 Å². The van der Waals surface area contributed by atoms with Crippen LogP contribution in [0.25, 0.3) is 0 Å². The van der Waals surface area contributed by atoms with Crippen molar-refractivity contribution < 1.29 is 9.84 Å². The van der Waals surface area contributed by atoms with E-state index in [1.807, 2.05) is 13.0 Å². The fourth-order valence-corrected chi connectivity index (χ4v) is 5.27. The molecule has 2 aliphatic carbocycles. The van der Waals surface area contributed by atoms with Crippen LogP contribution in [0.15, 0.2) is 12.1 Å². The van der Waals surface area contributed by atoms with Gasteiger partial charge in [-0.2, -0.15) is 0 Å². The van der Waals surface area contributed by atoms with Crippen LogP contribution in [0.1, 0.15) is 50.7 Å². The lowest BCUT2D eigenvalue weighted by Gasteiger charge is -2.62. The third-order valence-electron chi connectivity index (χ3n) is 6.13. The molecular weight excluding hydrogens is 236 g/mol. The lowest BCUT2D eigenvalue weighted by molar-refractivity contribution is -0.121. The number of aryl methyl sites for hydroxylation is 1. The maximum absolute atomic E-state index is 10.4. The second-order valence-electron chi connectivity index (χ2n) is 7.58. The van der Waals surface area contributed by atoms with Gasteiger partial charge in [0, 0.05) is 17.4 Å². The molecule has 1 aromatic rings. The third kappa shape index (κ3) is 1.19. The van der Waals surface area contributed by atoms with Gasteiger partial charge in [-0.3, -0.25) is 0 Å². The summed E-state index contributed by atoms with van der Waals surface area (Å²) in [5.74, 6) is 3.14. The standard InChI is InChI=1S/C17H22O2/c1-9-7-11(18)13-12(8-9)19-17(4)6-5-10-14(17)15(13)16(10,2)3/h7-8,10,14-15,18H,5-6H2,1-4H3/t10?,14-,15-,17-/m1/s1. The number of ether oxygens (including phenoxy) is 1. The van der Waals surface area contributed by atoms with Crippen LogP contribution in [-0.2, 0) is 0 Å². The number of benzene rings is 1. The summed E-state index contributed by atoms with van der Waals surface area (Å²) in [6.07, 6.45) is 2.41. The van der Waals surface area contributed by atoms with Gasteiger partial charge in [0.1, 0.15) is 17.1 Å². The molecule has 2 heteroatoms. The summed E-state index contributed by atoms with van der Waals surface area (Å²) >= 11 is 0. The van der Waals surface area contributed by atoms with Crippen LogP contribution in [0.3, 0.4) is 0 Å². The molecule has 0 radical (unpaired) electrons. The fourth-order valence-electron chi connectivity index (χ4n) is 5.27. The average Bonchev–Trinajstić information content (AvgIpc) is 2.61. The minimum atomic E-state index is -0.0158. The SMILES string of the molecule is Cc1cc(O)c2c(c1)O[C@]1(C)CCC3[C@@H]1[C@@H]2C3(C)C. The van der Waals surface area contributed by atoms with E-state index in [9.17, 15) is 5.11 Å². The molecule has 3 aliphatic rings. The number of hydrogen-bond acceptors (Lipinski definition) is 2. The van der Waals surface area contributed by atoms with Crippen LogP contribution in [0.5, 0.6) is 11.5 Å². The largest absolute Gasteiger partial charge is 0.508 e. The zero-order chi connectivity index (χ0) is 13.6. The van der Waals surface area contributed by atoms with Crippen molar-refractivity contribution in [3.05, 3.63) is 23.3 Å². The van der Waals surface area contributed by atoms with Crippen LogP contribution in [0.2, 0.25) is 0 Å². The van der Waals surface area contributed by atoms with Crippen molar-refractivity contribution in [1.29, 1.82) is 0 Å². The van der Waals surface area contributed by atoms with Crippen molar-refractivity contribution in [2.75, 3.05) is 0 Å². The molecule has 2 fully saturated rings. The predicted molar refractivity (Wildman–Crippen MR) is 74.6 cm³/mol. The number of rotatable bonds is 0. The van der Waals surface area contributed by atoms with Crippen LogP contribution in [-0.4, -0.2) is 10.7 Å². The molecule has 0 amide bonds. The van der Waals surface area contributed by atoms with Gasteiger partial charge >= 0.3 is 0 Å². The normalized spacial score (nSPS) is 40.9. The van der Waals surface area contributed by atoms with Crippen molar-refractivity contribution in [2.24, 2.45) is 17.3 Å². The van der Waals surface area contributed by atoms with Crippen LogP contribution in [0.4, 0.5) is 0 Å². The van der Waals surface area contributed by atoms with E-state index in [2.05, 4.69) is 26.8 Å². The van der Waals surface area contributed by atoms with Crippen LogP contribution in [0, 0.1) is 24.2 Å². The highest BCUT2D eigenvalue weighted by molar-refractivity contribution is 5.54. The molecule has 4 rings (SSSR count). The van der Waals surface area contributed by atoms with E-state index in [0.29, 0.717) is 17.6 Å². The Morgan fingerprint density at radius 1 is 1.26 bits per heavy atom. The van der Waals surface area contributed by atoms with Crippen molar-refractivity contribution in [2.45, 2.75) is 52.1 Å². The highest BCUT2D eigenvalue weighted by Gasteiger charge is 2.69. The zero-order valence-corrected chi connectivity index (χ0v) is 12.2. The van der Waals surface area contributed by atoms with Gasteiger partial charge in [0.25, 0.3) is 0 Å². The number of aromatic hydroxyl groups is 1. The van der Waals surface area contributed by atoms with Crippen molar-refractivity contribution in [1.82, 2.24) is 0 Å². The molecule has 4 atom stereocenters. The van der Waals surface area contributed by atoms with Gasteiger partial charge in [-0.15, -0.1) is 0 Å². The Kier molecular flexibility index (Phi) is 1.90. The molecule has 0 spiro atoms. The number of phenols is 1. The molecular formula is C17H22O2. The van der Waals surface area contributed by atoms with Gasteiger partial charge in [-0.05, 0) is 55.7 Å². The Morgan fingerprint density at radius 3 is 2.74 bits per heavy atom. The molecule has 1 heterocycles. The summed E-state index contributed by atoms with van der Waals surface area (Å²) in [5.41, 5.74) is 2.41. The Bertz CT molecular complexity index is 575. The quantitative estimate of drug-likeness (QED) is 0.762. The molecule has 2 saturated carbocycles. The van der Waals surface area contributed by atoms with Crippen molar-refractivity contribution >= 4 is 0 Å². The number of fused-ring (bicyclic) bond motifs is 2. The summed E-state index contributed by atoms with van der Waals surface area (Å²) in [6, 6.07) is 3.97. The Balaban J connectivity index is 1.95. The Morgan fingerprint density at radius 2 is 2.00 bits per heavy atom. The minimum Gasteiger partial charge on any atom is -0.508 e. The third-order valence-corrected chi connectivity index (χ3v) is 6.13. The van der Waals surface area contributed by atoms with E-state index in [-0.39, 0.29) is 11.0 Å². The zero-order valence-electron chi connectivity index (χ0n) is 12.2. The van der Waals surface area contributed by atoms with Crippen molar-refractivity contribution in [3.63, 3.8) is 0 Å². The Hall–Kier alpha value is -1.18. The lowest BCUT2D eigenvalue weighted by atomic mass is 9.45. The van der Waals surface area contributed by atoms with Gasteiger partial charge in [0.15, 0.2) is 0 Å². The molecule has 0 aromatic heterocycles. The molecule has 2 nitrogen and oxygen atoms in total. The lowest BCUT2D eigenvalue weighted by Crippen LogP contribution is -2.59. The van der Waals surface area contributed by atoms with Gasteiger partial charge in [0.05, 0.1) is 0 Å². The molecule has 1 unspecified atom stereocenters. The fraction of sp³-hybridized carbons (Fsp3) is 0.647. The smallest absolute Gasteiger partial charge is 0.127 e. The van der Waals surface area contributed by atoms with Gasteiger partial charge in [-0.25, -0.2) is 0 Å². The molecule has 19 heavy (non-hydrogen) atoms. The molecule has 102 valence electrons. The summed E-state index contributed by atoms with van der Waals surface area (Å²) < 4.78 is 6.34. The first-order valence-corrected chi connectivity index (χ1v) is 7.37. The highest BCUT2D eigenvalue weighted by Crippen LogP contribution is 2.74. The molecule has 1 aliphatic heterocycles. The second-order valence-corrected chi connectivity index (χ2v) is 7.58. The van der Waals surface area contributed by atoms with Crippen LogP contribution < -0.4 is 4.74 Å². The van der Waals surface area contributed by atoms with E-state index in [1.54, 1.807) is 0 Å². The number of phenolic OH excluding ortho intramolecular Hbond substituents is 1. The van der Waals surface area contributed by atoms with E-state index >= 15 is 0 Å². The molecule has 1 aromatic carbocycles. The van der Waals surface area contributed by atoms with Gasteiger partial charge < -0.3 is 9.84 Å². The first kappa shape index (κ1) is 11.6. The van der Waals surface area contributed by atoms with Gasteiger partial charge in [0.2, 0.25) is 0 Å². The molecule has 1 N–H and O–H groups in total. The summed E-state index contributed by atoms with van der Waals surface area (Å²) in [6.45, 7) is 9.00. The first-order chi connectivity index (χ1) is 8.84.